The number of nitrogens with one attached hydrogen (secondary N) is 1. The molecule has 0 fully saturated rings. The lowest BCUT2D eigenvalue weighted by molar-refractivity contribution is 0.102. The fourth-order valence-corrected chi connectivity index (χ4v) is 3.41. The molecule has 0 aliphatic heterocycles. The number of pyridine rings is 1. The van der Waals surface area contributed by atoms with Crippen molar-refractivity contribution >= 4 is 38.6 Å². The third-order valence-corrected chi connectivity index (χ3v) is 4.83. The summed E-state index contributed by atoms with van der Waals surface area (Å²) in [6.45, 7) is 3.81. The van der Waals surface area contributed by atoms with Gasteiger partial charge >= 0.3 is 0 Å². The Kier molecular flexibility index (Phi) is 4.45. The lowest BCUT2D eigenvalue weighted by Crippen LogP contribution is -2.15. The Hall–Kier alpha value is -3.06. The molecule has 0 spiro atoms. The van der Waals surface area contributed by atoms with Gasteiger partial charge in [-0.15, -0.1) is 5.10 Å². The summed E-state index contributed by atoms with van der Waals surface area (Å²) in [7, 11) is 0. The van der Waals surface area contributed by atoms with Crippen molar-refractivity contribution < 1.29 is 4.79 Å². The van der Waals surface area contributed by atoms with Crippen molar-refractivity contribution in [1.82, 2.24) is 20.0 Å². The van der Waals surface area contributed by atoms with Crippen LogP contribution in [0.5, 0.6) is 0 Å². The van der Waals surface area contributed by atoms with E-state index in [0.29, 0.717) is 11.5 Å². The van der Waals surface area contributed by atoms with Gasteiger partial charge in [0.15, 0.2) is 5.69 Å². The van der Waals surface area contributed by atoms with E-state index in [1.165, 1.54) is 0 Å². The first-order valence-electron chi connectivity index (χ1n) is 8.39. The third kappa shape index (κ3) is 3.33. The number of para-hydroxylation sites is 1. The number of hydrogen-bond acceptors (Lipinski definition) is 4. The monoisotopic (exact) mass is 421 g/mol. The van der Waals surface area contributed by atoms with E-state index in [9.17, 15) is 4.79 Å². The number of carbonyl (C=O) groups is 1. The Bertz CT molecular complexity index is 1170. The van der Waals surface area contributed by atoms with Crippen molar-refractivity contribution in [3.05, 3.63) is 76.0 Å². The number of rotatable bonds is 3. The highest BCUT2D eigenvalue weighted by atomic mass is 79.9. The molecule has 7 heteroatoms. The van der Waals surface area contributed by atoms with Gasteiger partial charge in [0.2, 0.25) is 0 Å². The fraction of sp³-hybridized carbons (Fsp3) is 0.100. The maximum atomic E-state index is 12.7. The Morgan fingerprint density at radius 2 is 1.89 bits per heavy atom. The van der Waals surface area contributed by atoms with Crippen molar-refractivity contribution in [2.45, 2.75) is 13.8 Å². The lowest BCUT2D eigenvalue weighted by Gasteiger charge is -2.08. The number of aryl methyl sites for hydroxylation is 1. The highest BCUT2D eigenvalue weighted by Crippen LogP contribution is 2.21. The number of anilines is 1. The molecule has 1 N–H and O–H groups in total. The van der Waals surface area contributed by atoms with Gasteiger partial charge in [-0.2, -0.15) is 0 Å². The van der Waals surface area contributed by atoms with Gasteiger partial charge in [-0.25, -0.2) is 9.67 Å². The summed E-state index contributed by atoms with van der Waals surface area (Å²) in [5, 5.41) is 12.1. The Morgan fingerprint density at radius 3 is 2.70 bits per heavy atom. The zero-order chi connectivity index (χ0) is 19.0. The molecular weight excluding hydrogens is 406 g/mol. The van der Waals surface area contributed by atoms with E-state index >= 15 is 0 Å². The van der Waals surface area contributed by atoms with Crippen LogP contribution in [0.25, 0.3) is 16.6 Å². The normalized spacial score (nSPS) is 10.9. The van der Waals surface area contributed by atoms with E-state index in [1.807, 2.05) is 62.4 Å². The van der Waals surface area contributed by atoms with Crippen molar-refractivity contribution in [2.24, 2.45) is 0 Å². The van der Waals surface area contributed by atoms with Crippen LogP contribution in [0.2, 0.25) is 0 Å². The number of amides is 1. The van der Waals surface area contributed by atoms with Crippen molar-refractivity contribution in [3.8, 4) is 5.69 Å². The number of nitrogens with zero attached hydrogens (tertiary/aromatic N) is 4. The van der Waals surface area contributed by atoms with E-state index in [1.54, 1.807) is 10.7 Å². The van der Waals surface area contributed by atoms with Crippen LogP contribution >= 0.6 is 15.9 Å². The van der Waals surface area contributed by atoms with Crippen LogP contribution < -0.4 is 5.32 Å². The van der Waals surface area contributed by atoms with E-state index in [2.05, 4.69) is 36.5 Å². The second-order valence-electron chi connectivity index (χ2n) is 6.21. The zero-order valence-corrected chi connectivity index (χ0v) is 16.4. The minimum Gasteiger partial charge on any atom is -0.305 e. The van der Waals surface area contributed by atoms with Gasteiger partial charge in [-0.05, 0) is 55.8 Å². The van der Waals surface area contributed by atoms with Gasteiger partial charge < -0.3 is 5.32 Å². The van der Waals surface area contributed by atoms with Crippen molar-refractivity contribution in [1.29, 1.82) is 0 Å². The summed E-state index contributed by atoms with van der Waals surface area (Å²) in [5.41, 5.74) is 3.67. The van der Waals surface area contributed by atoms with Crippen LogP contribution in [0.1, 0.15) is 21.7 Å². The molecule has 0 aliphatic rings. The highest BCUT2D eigenvalue weighted by molar-refractivity contribution is 9.10. The first-order chi connectivity index (χ1) is 13.0. The molecule has 2 heterocycles. The topological polar surface area (TPSA) is 72.7 Å². The van der Waals surface area contributed by atoms with E-state index in [4.69, 9.17) is 0 Å². The van der Waals surface area contributed by atoms with Crippen LogP contribution in [-0.4, -0.2) is 25.9 Å². The molecule has 4 rings (SSSR count). The number of hydrogen-bond donors (Lipinski definition) is 1. The molecule has 1 amide bonds. The zero-order valence-electron chi connectivity index (χ0n) is 14.8. The summed E-state index contributed by atoms with van der Waals surface area (Å²) >= 11 is 3.45. The number of halogens is 1. The molecule has 4 aromatic rings. The van der Waals surface area contributed by atoms with E-state index in [-0.39, 0.29) is 11.6 Å². The van der Waals surface area contributed by atoms with Gasteiger partial charge in [-0.3, -0.25) is 4.79 Å². The van der Waals surface area contributed by atoms with Gasteiger partial charge in [0.1, 0.15) is 5.82 Å². The molecule has 2 aromatic carbocycles. The predicted molar refractivity (Wildman–Crippen MR) is 108 cm³/mol. The highest BCUT2D eigenvalue weighted by Gasteiger charge is 2.19. The summed E-state index contributed by atoms with van der Waals surface area (Å²) in [4.78, 5) is 17.1. The number of benzene rings is 2. The van der Waals surface area contributed by atoms with Gasteiger partial charge in [0, 0.05) is 9.86 Å². The van der Waals surface area contributed by atoms with Gasteiger partial charge in [0.05, 0.1) is 16.9 Å². The first kappa shape index (κ1) is 17.4. The molecule has 27 heavy (non-hydrogen) atoms. The largest absolute Gasteiger partial charge is 0.305 e. The van der Waals surface area contributed by atoms with E-state index in [0.717, 1.165) is 26.6 Å². The molecule has 0 unspecified atom stereocenters. The maximum Gasteiger partial charge on any atom is 0.279 e. The fourth-order valence-electron chi connectivity index (χ4n) is 2.94. The summed E-state index contributed by atoms with van der Waals surface area (Å²) in [6.07, 6.45) is 0. The molecule has 0 saturated carbocycles. The SMILES string of the molecule is Cc1cc(Br)ccc1-n1nnc(C(=O)Nc2ccc3ccccc3n2)c1C. The quantitative estimate of drug-likeness (QED) is 0.530. The molecular formula is C20H16BrN5O. The lowest BCUT2D eigenvalue weighted by atomic mass is 10.2. The first-order valence-corrected chi connectivity index (χ1v) is 9.18. The van der Waals surface area contributed by atoms with Crippen LogP contribution in [0.15, 0.2) is 59.1 Å². The minimum absolute atomic E-state index is 0.271. The summed E-state index contributed by atoms with van der Waals surface area (Å²) in [6, 6.07) is 17.3. The second kappa shape index (κ2) is 6.92. The number of fused-ring (bicyclic) bond motifs is 1. The Morgan fingerprint density at radius 1 is 1.07 bits per heavy atom. The molecule has 6 nitrogen and oxygen atoms in total. The Labute approximate surface area is 164 Å². The smallest absolute Gasteiger partial charge is 0.279 e. The van der Waals surface area contributed by atoms with Gasteiger partial charge in [-0.1, -0.05) is 39.3 Å². The minimum atomic E-state index is -0.337. The molecule has 0 bridgehead atoms. The average Bonchev–Trinajstić information content (AvgIpc) is 3.03. The van der Waals surface area contributed by atoms with E-state index < -0.39 is 0 Å². The van der Waals surface area contributed by atoms with Crippen LogP contribution in [-0.2, 0) is 0 Å². The average molecular weight is 422 g/mol. The molecule has 0 saturated heterocycles. The third-order valence-electron chi connectivity index (χ3n) is 4.34. The number of aromatic nitrogens is 4. The molecule has 134 valence electrons. The summed E-state index contributed by atoms with van der Waals surface area (Å²) < 4.78 is 2.66. The van der Waals surface area contributed by atoms with Crippen LogP contribution in [0, 0.1) is 13.8 Å². The van der Waals surface area contributed by atoms with Gasteiger partial charge in [0.25, 0.3) is 5.91 Å². The standard InChI is InChI=1S/C20H16BrN5O/c1-12-11-15(21)8-9-17(12)26-13(2)19(24-25-26)20(27)23-18-10-7-14-5-3-4-6-16(14)22-18/h3-11H,1-2H3,(H,22,23,27). The van der Waals surface area contributed by atoms with Crippen LogP contribution in [0.4, 0.5) is 5.82 Å². The molecule has 0 atom stereocenters. The summed E-state index contributed by atoms with van der Waals surface area (Å²) in [5.74, 6) is 0.142. The molecule has 0 radical (unpaired) electrons. The second-order valence-corrected chi connectivity index (χ2v) is 7.13. The van der Waals surface area contributed by atoms with Crippen LogP contribution in [0.3, 0.4) is 0 Å². The molecule has 0 aliphatic carbocycles. The van der Waals surface area contributed by atoms with Crippen molar-refractivity contribution in [2.75, 3.05) is 5.32 Å². The maximum absolute atomic E-state index is 12.7. The Balaban J connectivity index is 1.63. The van der Waals surface area contributed by atoms with Crippen molar-refractivity contribution in [3.63, 3.8) is 0 Å². The molecule has 2 aromatic heterocycles. The number of carbonyl (C=O) groups excluding carboxylic acids is 1. The predicted octanol–water partition coefficient (Wildman–Crippen LogP) is 4.45.